The van der Waals surface area contributed by atoms with E-state index in [9.17, 15) is 0 Å². The second-order valence-electron chi connectivity index (χ2n) is 45.8. The maximum absolute atomic E-state index is 2.45. The first kappa shape index (κ1) is 91.0. The van der Waals surface area contributed by atoms with Gasteiger partial charge in [0, 0.05) is 82.9 Å². The van der Waals surface area contributed by atoms with E-state index in [4.69, 9.17) is 0 Å². The number of para-hydroxylation sites is 2. The van der Waals surface area contributed by atoms with Crippen molar-refractivity contribution in [2.45, 2.75) is 157 Å². The zero-order chi connectivity index (χ0) is 98.7. The number of hydrogen-bond acceptors (Lipinski definition) is 1. The third-order valence-corrected chi connectivity index (χ3v) is 30.2. The largest absolute Gasteiger partial charge is 0.311 e. The van der Waals surface area contributed by atoms with Gasteiger partial charge in [0.25, 0.3) is 0 Å². The Morgan fingerprint density at radius 2 is 0.378 bits per heavy atom. The summed E-state index contributed by atoms with van der Waals surface area (Å²) < 4.78 is 9.72. The highest BCUT2D eigenvalue weighted by molar-refractivity contribution is 6.25. The molecule has 0 atom stereocenters. The molecule has 0 aliphatic heterocycles. The Kier molecular flexibility index (Phi) is 22.0. The van der Waals surface area contributed by atoms with Crippen LogP contribution in [0, 0.1) is 0 Å². The van der Waals surface area contributed by atoms with Crippen LogP contribution in [0.4, 0.5) is 17.1 Å². The lowest BCUT2D eigenvalue weighted by molar-refractivity contribution is 0.590. The Balaban J connectivity index is 0.000000217. The molecule has 20 aromatic carbocycles. The predicted octanol–water partition coefficient (Wildman–Crippen LogP) is 38.8. The van der Waals surface area contributed by atoms with Crippen molar-refractivity contribution in [3.05, 3.63) is 452 Å². The van der Waals surface area contributed by atoms with Gasteiger partial charge in [0.05, 0.1) is 44.1 Å². The van der Waals surface area contributed by atoms with Gasteiger partial charge in [0.2, 0.25) is 0 Å². The molecule has 0 unspecified atom stereocenters. The van der Waals surface area contributed by atoms with Gasteiger partial charge >= 0.3 is 0 Å². The average molecular weight is 1850 g/mol. The number of anilines is 3. The summed E-state index contributed by atoms with van der Waals surface area (Å²) in [5.41, 5.74) is 38.0. The zero-order valence-electron chi connectivity index (χ0n) is 85.6. The van der Waals surface area contributed by atoms with Gasteiger partial charge in [-0.15, -0.1) is 0 Å². The Bertz CT molecular complexity index is 8270. The zero-order valence-corrected chi connectivity index (χ0v) is 85.6. The van der Waals surface area contributed by atoms with Gasteiger partial charge in [-0.05, 0) is 330 Å². The second-order valence-corrected chi connectivity index (χ2v) is 45.8. The van der Waals surface area contributed by atoms with Crippen LogP contribution in [0.2, 0.25) is 0 Å². The van der Waals surface area contributed by atoms with Crippen LogP contribution in [0.3, 0.4) is 0 Å². The molecule has 0 saturated heterocycles. The van der Waals surface area contributed by atoms with Crippen LogP contribution >= 0.6 is 0 Å². The van der Waals surface area contributed by atoms with Gasteiger partial charge in [-0.3, -0.25) is 0 Å². The van der Waals surface area contributed by atoms with Crippen molar-refractivity contribution >= 4 is 137 Å². The molecule has 0 bridgehead atoms. The molecule has 0 aliphatic carbocycles. The first-order valence-electron chi connectivity index (χ1n) is 50.9. The van der Waals surface area contributed by atoms with Gasteiger partial charge < -0.3 is 23.2 Å². The van der Waals surface area contributed by atoms with E-state index in [2.05, 4.69) is 566 Å². The molecule has 0 aliphatic rings. The van der Waals surface area contributed by atoms with Crippen molar-refractivity contribution in [2.75, 3.05) is 4.90 Å². The molecule has 143 heavy (non-hydrogen) atoms. The summed E-state index contributed by atoms with van der Waals surface area (Å²) >= 11 is 0. The van der Waals surface area contributed by atoms with Crippen LogP contribution in [-0.2, 0) is 32.5 Å². The summed E-state index contributed by atoms with van der Waals surface area (Å²) in [6.45, 7) is 41.5. The van der Waals surface area contributed by atoms with E-state index < -0.39 is 0 Å². The molecule has 0 N–H and O–H groups in total. The van der Waals surface area contributed by atoms with E-state index in [1.54, 1.807) is 0 Å². The van der Waals surface area contributed by atoms with Crippen molar-refractivity contribution < 1.29 is 0 Å². The van der Waals surface area contributed by atoms with Gasteiger partial charge in [0.15, 0.2) is 0 Å². The van der Waals surface area contributed by atoms with Crippen molar-refractivity contribution in [3.63, 3.8) is 0 Å². The standard InChI is InChI=1S/C96H96N4.C42H27N/c1-91(2,3)67-31-49-85-79(55-67)80-56-68(92(4,5)6)32-50-86(80)98(85)76-43-25-64(26-44-76)61-19-37-73(38-20-61)97(74-39-21-62(22-40-74)65-27-45-77(46-28-65)99-87-51-33-69(93(7,8)9)57-81(87)82-58-70(94(10,11)12)34-52-88(82)99)75-41-23-63(24-42-75)66-29-47-78(48-30-66)100-89-53-35-71(95(13,14)15)59-83(89)84-60-72(96(16,17)18)36-54-90(84)100;1-2-15-30(16-3-1)43-39-24-11-10-18-32(39)38-27-29(25-26-40(38)43)41-34-19-6-8-21-36(34)42(37-22-9-7-20-35(37)41)33-23-12-14-28-13-4-5-17-31(28)33/h19-60H,1-18H3;1-27H. The normalized spacial score (nSPS) is 12.5. The third-order valence-electron chi connectivity index (χ3n) is 30.2. The fraction of sp³-hybridized carbons (Fsp3) is 0.174. The minimum Gasteiger partial charge on any atom is -0.311 e. The number of fused-ring (bicyclic) bond motifs is 15. The van der Waals surface area contributed by atoms with Crippen molar-refractivity contribution in [2.24, 2.45) is 0 Å². The molecule has 24 rings (SSSR count). The predicted molar refractivity (Wildman–Crippen MR) is 617 cm³/mol. The van der Waals surface area contributed by atoms with Gasteiger partial charge in [0.1, 0.15) is 0 Å². The monoisotopic (exact) mass is 1850 g/mol. The summed E-state index contributed by atoms with van der Waals surface area (Å²) in [4.78, 5) is 2.39. The van der Waals surface area contributed by atoms with E-state index in [0.29, 0.717) is 0 Å². The quantitative estimate of drug-likeness (QED) is 0.112. The minimum absolute atomic E-state index is 0.0367. The molecule has 0 saturated carbocycles. The molecule has 5 nitrogen and oxygen atoms in total. The highest BCUT2D eigenvalue weighted by Gasteiger charge is 2.29. The summed E-state index contributed by atoms with van der Waals surface area (Å²) in [7, 11) is 0. The molecular weight excluding hydrogens is 1730 g/mol. The molecule has 4 heterocycles. The van der Waals surface area contributed by atoms with Crippen molar-refractivity contribution in [1.29, 1.82) is 0 Å². The number of nitrogens with zero attached hydrogens (tertiary/aromatic N) is 5. The number of hydrogen-bond donors (Lipinski definition) is 0. The Labute approximate surface area is 841 Å². The van der Waals surface area contributed by atoms with Crippen LogP contribution in [-0.4, -0.2) is 18.3 Å². The molecule has 4 aromatic heterocycles. The first-order chi connectivity index (χ1) is 68.7. The van der Waals surface area contributed by atoms with Crippen molar-refractivity contribution in [1.82, 2.24) is 18.3 Å². The highest BCUT2D eigenvalue weighted by atomic mass is 15.1. The molecule has 700 valence electrons. The van der Waals surface area contributed by atoms with E-state index in [0.717, 1.165) is 50.8 Å². The molecule has 0 radical (unpaired) electrons. The molecule has 0 spiro atoms. The first-order valence-corrected chi connectivity index (χ1v) is 50.9. The maximum atomic E-state index is 2.45. The molecule has 5 heteroatoms. The van der Waals surface area contributed by atoms with E-state index >= 15 is 0 Å². The summed E-state index contributed by atoms with van der Waals surface area (Å²) in [6, 6.07) is 157. The van der Waals surface area contributed by atoms with Gasteiger partial charge in [-0.25, -0.2) is 0 Å². The van der Waals surface area contributed by atoms with E-state index in [-0.39, 0.29) is 32.5 Å². The van der Waals surface area contributed by atoms with Crippen LogP contribution < -0.4 is 4.90 Å². The number of benzene rings is 20. The third kappa shape index (κ3) is 16.3. The van der Waals surface area contributed by atoms with E-state index in [1.807, 2.05) is 0 Å². The van der Waals surface area contributed by atoms with Crippen LogP contribution in [0.1, 0.15) is 158 Å². The van der Waals surface area contributed by atoms with Crippen LogP contribution in [0.25, 0.3) is 198 Å². The average Bonchev–Trinajstić information content (AvgIpc) is 1.19. The minimum atomic E-state index is 0.0367. The molecule has 24 aromatic rings. The van der Waals surface area contributed by atoms with Gasteiger partial charge in [-0.2, -0.15) is 0 Å². The molecular formula is C138H123N5. The SMILES string of the molecule is CC(C)(C)c1ccc2c(c1)c1cc(C(C)(C)C)ccc1n2-c1ccc(-c2ccc(N(c3ccc(-c4ccc(-n5c6ccc(C(C)(C)C)cc6c6cc(C(C)(C)C)ccc65)cc4)cc3)c3ccc(-c4ccc(-n5c6ccc(C(C)(C)C)cc6c6cc(C(C)(C)C)ccc65)cc4)cc3)cc2)cc1.c1ccc(-n2c3ccccc3c3cc(-c4c5ccccc5c(-c5cccc6ccccc56)c5ccccc45)ccc32)cc1. The van der Waals surface area contributed by atoms with Crippen molar-refractivity contribution in [3.8, 4) is 78.4 Å². The second kappa shape index (κ2) is 34.6. The number of rotatable bonds is 12. The lowest BCUT2D eigenvalue weighted by Crippen LogP contribution is -2.10. The van der Waals surface area contributed by atoms with Crippen LogP contribution in [0.15, 0.2) is 419 Å². The molecule has 0 fully saturated rings. The molecule has 0 amide bonds. The fourth-order valence-corrected chi connectivity index (χ4v) is 22.1. The fourth-order valence-electron chi connectivity index (χ4n) is 22.1. The highest BCUT2D eigenvalue weighted by Crippen LogP contribution is 2.50. The van der Waals surface area contributed by atoms with E-state index in [1.165, 1.54) is 198 Å². The Hall–Kier alpha value is -15.8. The smallest absolute Gasteiger partial charge is 0.0541 e. The maximum Gasteiger partial charge on any atom is 0.0541 e. The van der Waals surface area contributed by atoms with Crippen LogP contribution in [0.5, 0.6) is 0 Å². The topological polar surface area (TPSA) is 23.0 Å². The Morgan fingerprint density at radius 1 is 0.154 bits per heavy atom. The van der Waals surface area contributed by atoms with Gasteiger partial charge in [-0.1, -0.05) is 367 Å². The summed E-state index contributed by atoms with van der Waals surface area (Å²) in [6.07, 6.45) is 0. The number of aromatic nitrogens is 4. The lowest BCUT2D eigenvalue weighted by Gasteiger charge is -2.26. The summed E-state index contributed by atoms with van der Waals surface area (Å²) in [5, 5.41) is 18.0. The summed E-state index contributed by atoms with van der Waals surface area (Å²) in [5.74, 6) is 0. The lowest BCUT2D eigenvalue weighted by atomic mass is 9.84. The Morgan fingerprint density at radius 3 is 0.685 bits per heavy atom.